The van der Waals surface area contributed by atoms with E-state index in [1.165, 1.54) is 0 Å². The van der Waals surface area contributed by atoms with Gasteiger partial charge in [0.15, 0.2) is 8.07 Å². The van der Waals surface area contributed by atoms with Crippen LogP contribution in [0.25, 0.3) is 0 Å². The van der Waals surface area contributed by atoms with Crippen molar-refractivity contribution < 1.29 is 8.78 Å². The highest BCUT2D eigenvalue weighted by molar-refractivity contribution is 6.90. The summed E-state index contributed by atoms with van der Waals surface area (Å²) in [6, 6.07) is 9.13. The van der Waals surface area contributed by atoms with Crippen molar-refractivity contribution in [1.82, 2.24) is 0 Å². The Morgan fingerprint density at radius 3 is 2.00 bits per heavy atom. The highest BCUT2D eigenvalue weighted by atomic mass is 28.3. The van der Waals surface area contributed by atoms with Crippen molar-refractivity contribution in [2.75, 3.05) is 12.6 Å². The second kappa shape index (κ2) is 3.80. The lowest BCUT2D eigenvalue weighted by Gasteiger charge is -2.19. The maximum Gasteiger partial charge on any atom is 0.153 e. The number of hydrogen-bond donors (Lipinski definition) is 0. The summed E-state index contributed by atoms with van der Waals surface area (Å²) in [5.41, 5.74) is 0. The zero-order chi connectivity index (χ0) is 9.03. The number of alkyl halides is 2. The molecule has 0 N–H and O–H groups in total. The predicted molar refractivity (Wildman–Crippen MR) is 49.6 cm³/mol. The van der Waals surface area contributed by atoms with Crippen LogP contribution in [-0.2, 0) is 0 Å². The minimum atomic E-state index is -2.41. The Labute approximate surface area is 72.2 Å². The fourth-order valence-electron chi connectivity index (χ4n) is 1.03. The molecule has 0 saturated carbocycles. The van der Waals surface area contributed by atoms with Gasteiger partial charge in [-0.3, -0.25) is 8.78 Å². The van der Waals surface area contributed by atoms with E-state index in [2.05, 4.69) is 0 Å². The minimum absolute atomic E-state index is 0.520. The zero-order valence-corrected chi connectivity index (χ0v) is 8.06. The van der Waals surface area contributed by atoms with Gasteiger partial charge in [0.2, 0.25) is 0 Å². The van der Waals surface area contributed by atoms with E-state index in [-0.39, 0.29) is 0 Å². The second-order valence-corrected chi connectivity index (χ2v) is 7.43. The van der Waals surface area contributed by atoms with Crippen LogP contribution in [0.1, 0.15) is 0 Å². The molecule has 1 aromatic rings. The van der Waals surface area contributed by atoms with E-state index in [0.29, 0.717) is 0 Å². The molecule has 0 aliphatic heterocycles. The quantitative estimate of drug-likeness (QED) is 0.633. The molecule has 0 nitrogen and oxygen atoms in total. The third-order valence-electron chi connectivity index (χ3n) is 2.06. The smallest absolute Gasteiger partial charge is 0.153 e. The van der Waals surface area contributed by atoms with Crippen molar-refractivity contribution in [2.24, 2.45) is 0 Å². The van der Waals surface area contributed by atoms with Crippen LogP contribution in [0.2, 0.25) is 6.55 Å². The van der Waals surface area contributed by atoms with E-state index in [1.807, 2.05) is 30.3 Å². The first-order valence-electron chi connectivity index (χ1n) is 3.90. The molecular weight excluding hydrogens is 174 g/mol. The first-order chi connectivity index (χ1) is 5.73. The van der Waals surface area contributed by atoms with Crippen LogP contribution < -0.4 is 5.19 Å². The third-order valence-corrected chi connectivity index (χ3v) is 4.97. The molecule has 0 atom stereocenters. The lowest BCUT2D eigenvalue weighted by atomic mass is 10.4. The number of halogens is 2. The second-order valence-electron chi connectivity index (χ2n) is 3.19. The molecule has 0 aromatic heterocycles. The van der Waals surface area contributed by atoms with Gasteiger partial charge < -0.3 is 0 Å². The van der Waals surface area contributed by atoms with Gasteiger partial charge in [-0.15, -0.1) is 0 Å². The molecule has 3 heteroatoms. The highest BCUT2D eigenvalue weighted by Gasteiger charge is 2.29. The first-order valence-corrected chi connectivity index (χ1v) is 6.82. The van der Waals surface area contributed by atoms with Gasteiger partial charge in [-0.25, -0.2) is 0 Å². The average molecular weight is 186 g/mol. The Balaban J connectivity index is 2.95. The molecular formula is C9H12F2Si. The molecule has 1 aromatic carbocycles. The largest absolute Gasteiger partial charge is 0.254 e. The van der Waals surface area contributed by atoms with Gasteiger partial charge in [0.25, 0.3) is 0 Å². The number of rotatable bonds is 3. The van der Waals surface area contributed by atoms with Gasteiger partial charge in [-0.2, -0.15) is 0 Å². The molecule has 66 valence electrons. The Hall–Kier alpha value is -0.703. The normalized spacial score (nSPS) is 11.6. The van der Waals surface area contributed by atoms with Crippen molar-refractivity contribution in [2.45, 2.75) is 6.55 Å². The van der Waals surface area contributed by atoms with Crippen LogP contribution in [0.3, 0.4) is 0 Å². The summed E-state index contributed by atoms with van der Waals surface area (Å²) in [6.07, 6.45) is -1.04. The van der Waals surface area contributed by atoms with Gasteiger partial charge in [0.1, 0.15) is 0 Å². The summed E-state index contributed by atoms with van der Waals surface area (Å²) in [4.78, 5) is 0. The van der Waals surface area contributed by atoms with Gasteiger partial charge in [-0.1, -0.05) is 42.1 Å². The average Bonchev–Trinajstić information content (AvgIpc) is 2.18. The van der Waals surface area contributed by atoms with E-state index in [0.717, 1.165) is 5.19 Å². The van der Waals surface area contributed by atoms with Crippen molar-refractivity contribution in [1.29, 1.82) is 0 Å². The van der Waals surface area contributed by atoms with Gasteiger partial charge in [0, 0.05) is 0 Å². The van der Waals surface area contributed by atoms with Crippen LogP contribution in [0.5, 0.6) is 0 Å². The highest BCUT2D eigenvalue weighted by Crippen LogP contribution is 2.05. The molecule has 0 aliphatic carbocycles. The summed E-state index contributed by atoms with van der Waals surface area (Å²) in [7, 11) is -2.41. The van der Waals surface area contributed by atoms with Gasteiger partial charge in [-0.05, 0) is 0 Å². The third kappa shape index (κ3) is 1.72. The molecule has 12 heavy (non-hydrogen) atoms. The van der Waals surface area contributed by atoms with Crippen LogP contribution in [0, 0.1) is 0 Å². The number of hydrogen-bond acceptors (Lipinski definition) is 0. The summed E-state index contributed by atoms with van der Waals surface area (Å²) in [6.45, 7) is 1.72. The maximum absolute atomic E-state index is 12.5. The van der Waals surface area contributed by atoms with Crippen LogP contribution >= 0.6 is 0 Å². The standard InChI is InChI=1S/C9H12F2Si/c1-12(7-10,8-11)9-5-3-2-4-6-9/h2-6H,7-8H2,1H3. The van der Waals surface area contributed by atoms with Crippen LogP contribution in [0.15, 0.2) is 30.3 Å². The molecule has 1 rings (SSSR count). The molecule has 0 fully saturated rings. The molecule has 0 unspecified atom stereocenters. The topological polar surface area (TPSA) is 0 Å². The van der Waals surface area contributed by atoms with Gasteiger partial charge in [0.05, 0.1) is 12.6 Å². The van der Waals surface area contributed by atoms with Crippen molar-refractivity contribution in [3.8, 4) is 0 Å². The molecule has 0 bridgehead atoms. The predicted octanol–water partition coefficient (Wildman–Crippen LogP) is 1.99. The maximum atomic E-state index is 12.5. The molecule has 0 aliphatic rings. The van der Waals surface area contributed by atoms with Crippen LogP contribution in [-0.4, -0.2) is 20.7 Å². The Morgan fingerprint density at radius 2 is 1.58 bits per heavy atom. The fourth-order valence-corrected chi connectivity index (χ4v) is 2.41. The van der Waals surface area contributed by atoms with Crippen molar-refractivity contribution in [3.05, 3.63) is 30.3 Å². The van der Waals surface area contributed by atoms with Crippen LogP contribution in [0.4, 0.5) is 8.78 Å². The lowest BCUT2D eigenvalue weighted by molar-refractivity contribution is 0.540. The summed E-state index contributed by atoms with van der Waals surface area (Å²) in [5.74, 6) is 0. The molecule has 0 spiro atoms. The fraction of sp³-hybridized carbons (Fsp3) is 0.333. The van der Waals surface area contributed by atoms with E-state index < -0.39 is 20.7 Å². The lowest BCUT2D eigenvalue weighted by Crippen LogP contribution is -2.50. The van der Waals surface area contributed by atoms with E-state index in [4.69, 9.17) is 0 Å². The van der Waals surface area contributed by atoms with Crippen molar-refractivity contribution in [3.63, 3.8) is 0 Å². The van der Waals surface area contributed by atoms with Crippen molar-refractivity contribution >= 4 is 13.3 Å². The summed E-state index contributed by atoms with van der Waals surface area (Å²) in [5, 5.41) is 0.856. The zero-order valence-electron chi connectivity index (χ0n) is 7.06. The molecule has 0 heterocycles. The Morgan fingerprint density at radius 1 is 1.08 bits per heavy atom. The first kappa shape index (κ1) is 9.39. The van der Waals surface area contributed by atoms with E-state index in [1.54, 1.807) is 6.55 Å². The SMILES string of the molecule is C[Si](CF)(CF)c1ccccc1. The summed E-state index contributed by atoms with van der Waals surface area (Å²) >= 11 is 0. The summed E-state index contributed by atoms with van der Waals surface area (Å²) < 4.78 is 25.1. The minimum Gasteiger partial charge on any atom is -0.254 e. The molecule has 0 radical (unpaired) electrons. The van der Waals surface area contributed by atoms with E-state index in [9.17, 15) is 8.78 Å². The monoisotopic (exact) mass is 186 g/mol. The van der Waals surface area contributed by atoms with Gasteiger partial charge >= 0.3 is 0 Å². The van der Waals surface area contributed by atoms with E-state index >= 15 is 0 Å². The number of benzene rings is 1. The Bertz CT molecular complexity index is 232. The Kier molecular flexibility index (Phi) is 2.97. The molecule has 0 amide bonds. The molecule has 0 saturated heterocycles.